The topological polar surface area (TPSA) is 49.3 Å². The highest BCUT2D eigenvalue weighted by Crippen LogP contribution is 2.27. The van der Waals surface area contributed by atoms with E-state index in [1.54, 1.807) is 0 Å². The number of hydrogen-bond acceptors (Lipinski definition) is 2. The van der Waals surface area contributed by atoms with Crippen molar-refractivity contribution in [1.29, 1.82) is 0 Å². The summed E-state index contributed by atoms with van der Waals surface area (Å²) in [5.41, 5.74) is -0.867. The number of amides is 1. The van der Waals surface area contributed by atoms with Crippen molar-refractivity contribution in [2.75, 3.05) is 5.32 Å². The van der Waals surface area contributed by atoms with Gasteiger partial charge in [-0.05, 0) is 18.2 Å². The molecule has 2 aromatic carbocycles. The molecule has 0 saturated heterocycles. The van der Waals surface area contributed by atoms with Crippen LogP contribution < -0.4 is 5.32 Å². The molecule has 3 nitrogen and oxygen atoms in total. The molecule has 104 valence electrons. The fourth-order valence-corrected chi connectivity index (χ4v) is 1.77. The summed E-state index contributed by atoms with van der Waals surface area (Å²) in [6.07, 6.45) is 0. The highest BCUT2D eigenvalue weighted by atomic mass is 35.5. The average molecular weight is 302 g/mol. The zero-order valence-electron chi connectivity index (χ0n) is 9.75. The Hall–Kier alpha value is -2.21. The van der Waals surface area contributed by atoms with Gasteiger partial charge in [0, 0.05) is 12.1 Å². The zero-order valence-corrected chi connectivity index (χ0v) is 10.5. The Balaban J connectivity index is 2.33. The van der Waals surface area contributed by atoms with E-state index in [2.05, 4.69) is 0 Å². The van der Waals surface area contributed by atoms with Gasteiger partial charge in [-0.2, -0.15) is 0 Å². The molecule has 0 radical (unpaired) electrons. The van der Waals surface area contributed by atoms with Crippen LogP contribution in [0.2, 0.25) is 5.02 Å². The SMILES string of the molecule is O=C(Nc1c(F)cc(F)cc1Cl)c1ccc(O)cc1F. The standard InChI is InChI=1S/C13H7ClF3NO2/c14-9-3-6(15)4-11(17)12(9)18-13(20)8-2-1-7(19)5-10(8)16/h1-5,19H,(H,18,20). The van der Waals surface area contributed by atoms with Crippen LogP contribution in [0.4, 0.5) is 18.9 Å². The van der Waals surface area contributed by atoms with Gasteiger partial charge in [0.2, 0.25) is 0 Å². The molecule has 0 heterocycles. The van der Waals surface area contributed by atoms with Gasteiger partial charge in [0.25, 0.3) is 5.91 Å². The van der Waals surface area contributed by atoms with E-state index in [4.69, 9.17) is 16.7 Å². The van der Waals surface area contributed by atoms with Gasteiger partial charge in [-0.15, -0.1) is 0 Å². The van der Waals surface area contributed by atoms with Crippen LogP contribution in [0.1, 0.15) is 10.4 Å². The summed E-state index contributed by atoms with van der Waals surface area (Å²) in [4.78, 5) is 11.8. The Bertz CT molecular complexity index is 668. The lowest BCUT2D eigenvalue weighted by Gasteiger charge is -2.09. The minimum absolute atomic E-state index is 0.352. The van der Waals surface area contributed by atoms with Crippen molar-refractivity contribution in [3.05, 3.63) is 58.4 Å². The molecule has 2 aromatic rings. The van der Waals surface area contributed by atoms with Crippen LogP contribution in [0.5, 0.6) is 5.75 Å². The lowest BCUT2D eigenvalue weighted by atomic mass is 10.2. The van der Waals surface area contributed by atoms with Gasteiger partial charge in [0.05, 0.1) is 16.3 Å². The van der Waals surface area contributed by atoms with Crippen LogP contribution in [0.3, 0.4) is 0 Å². The maximum Gasteiger partial charge on any atom is 0.258 e. The first-order valence-electron chi connectivity index (χ1n) is 5.33. The number of carbonyl (C=O) groups is 1. The van der Waals surface area contributed by atoms with Crippen LogP contribution in [-0.2, 0) is 0 Å². The number of anilines is 1. The van der Waals surface area contributed by atoms with Crippen LogP contribution in [0.15, 0.2) is 30.3 Å². The van der Waals surface area contributed by atoms with Gasteiger partial charge in [-0.25, -0.2) is 13.2 Å². The third-order valence-electron chi connectivity index (χ3n) is 2.44. The molecule has 7 heteroatoms. The fraction of sp³-hybridized carbons (Fsp3) is 0. The predicted octanol–water partition coefficient (Wildman–Crippen LogP) is 3.72. The first-order valence-corrected chi connectivity index (χ1v) is 5.70. The second-order valence-corrected chi connectivity index (χ2v) is 4.27. The highest BCUT2D eigenvalue weighted by molar-refractivity contribution is 6.34. The number of hydrogen-bond donors (Lipinski definition) is 2. The van der Waals surface area contributed by atoms with Gasteiger partial charge in [-0.1, -0.05) is 11.6 Å². The van der Waals surface area contributed by atoms with Crippen molar-refractivity contribution in [2.24, 2.45) is 0 Å². The predicted molar refractivity (Wildman–Crippen MR) is 67.4 cm³/mol. The van der Waals surface area contributed by atoms with Crippen molar-refractivity contribution in [2.45, 2.75) is 0 Å². The van der Waals surface area contributed by atoms with E-state index in [-0.39, 0.29) is 10.8 Å². The molecule has 0 aromatic heterocycles. The summed E-state index contributed by atoms with van der Waals surface area (Å²) in [6, 6.07) is 4.20. The number of rotatable bonds is 2. The number of phenols is 1. The normalized spacial score (nSPS) is 10.4. The molecule has 0 atom stereocenters. The molecule has 2 N–H and O–H groups in total. The summed E-state index contributed by atoms with van der Waals surface area (Å²) in [7, 11) is 0. The maximum absolute atomic E-state index is 13.5. The number of nitrogens with one attached hydrogen (secondary N) is 1. The molecule has 0 spiro atoms. The molecule has 0 fully saturated rings. The second-order valence-electron chi connectivity index (χ2n) is 3.86. The van der Waals surface area contributed by atoms with E-state index in [1.165, 1.54) is 0 Å². The average Bonchev–Trinajstić information content (AvgIpc) is 2.33. The Labute approximate surface area is 116 Å². The van der Waals surface area contributed by atoms with E-state index >= 15 is 0 Å². The van der Waals surface area contributed by atoms with Crippen molar-refractivity contribution in [1.82, 2.24) is 0 Å². The number of aromatic hydroxyl groups is 1. The fourth-order valence-electron chi connectivity index (χ4n) is 1.53. The summed E-state index contributed by atoms with van der Waals surface area (Å²) < 4.78 is 39.8. The largest absolute Gasteiger partial charge is 0.508 e. The molecule has 0 unspecified atom stereocenters. The van der Waals surface area contributed by atoms with Crippen LogP contribution >= 0.6 is 11.6 Å². The summed E-state index contributed by atoms with van der Waals surface area (Å²) >= 11 is 5.60. The first-order chi connectivity index (χ1) is 9.38. The summed E-state index contributed by atoms with van der Waals surface area (Å²) in [5, 5.41) is 10.7. The summed E-state index contributed by atoms with van der Waals surface area (Å²) in [5.74, 6) is -4.30. The molecule has 2 rings (SSSR count). The minimum Gasteiger partial charge on any atom is -0.508 e. The quantitative estimate of drug-likeness (QED) is 0.888. The lowest BCUT2D eigenvalue weighted by molar-refractivity contribution is 0.102. The number of benzene rings is 2. The Morgan fingerprint density at radius 2 is 1.80 bits per heavy atom. The number of carbonyl (C=O) groups excluding carboxylic acids is 1. The van der Waals surface area contributed by atoms with E-state index in [0.717, 1.165) is 24.3 Å². The molecular formula is C13H7ClF3NO2. The van der Waals surface area contributed by atoms with E-state index in [1.807, 2.05) is 5.32 Å². The summed E-state index contributed by atoms with van der Waals surface area (Å²) in [6.45, 7) is 0. The monoisotopic (exact) mass is 301 g/mol. The van der Waals surface area contributed by atoms with Gasteiger partial charge in [-0.3, -0.25) is 4.79 Å². The Morgan fingerprint density at radius 3 is 2.40 bits per heavy atom. The van der Waals surface area contributed by atoms with Gasteiger partial charge in [0.15, 0.2) is 5.82 Å². The molecule has 0 saturated carbocycles. The smallest absolute Gasteiger partial charge is 0.258 e. The molecule has 0 bridgehead atoms. The maximum atomic E-state index is 13.5. The third kappa shape index (κ3) is 2.85. The minimum atomic E-state index is -1.08. The van der Waals surface area contributed by atoms with Crippen molar-refractivity contribution in [3.8, 4) is 5.75 Å². The number of halogens is 4. The molecule has 0 aliphatic rings. The number of phenolic OH excluding ortho intramolecular Hbond substituents is 1. The van der Waals surface area contributed by atoms with E-state index in [0.29, 0.717) is 6.07 Å². The zero-order chi connectivity index (χ0) is 14.9. The van der Waals surface area contributed by atoms with Crippen LogP contribution in [0, 0.1) is 17.5 Å². The van der Waals surface area contributed by atoms with Crippen LogP contribution in [0.25, 0.3) is 0 Å². The second kappa shape index (κ2) is 5.42. The van der Waals surface area contributed by atoms with Crippen molar-refractivity contribution >= 4 is 23.2 Å². The lowest BCUT2D eigenvalue weighted by Crippen LogP contribution is -2.15. The Morgan fingerprint density at radius 1 is 1.10 bits per heavy atom. The van der Waals surface area contributed by atoms with Gasteiger partial charge >= 0.3 is 0 Å². The third-order valence-corrected chi connectivity index (χ3v) is 2.74. The van der Waals surface area contributed by atoms with Crippen LogP contribution in [-0.4, -0.2) is 11.0 Å². The first kappa shape index (κ1) is 14.2. The van der Waals surface area contributed by atoms with Crippen molar-refractivity contribution < 1.29 is 23.1 Å². The van der Waals surface area contributed by atoms with Crippen molar-refractivity contribution in [3.63, 3.8) is 0 Å². The van der Waals surface area contributed by atoms with E-state index < -0.39 is 34.6 Å². The molecule has 1 amide bonds. The molecular weight excluding hydrogens is 295 g/mol. The highest BCUT2D eigenvalue weighted by Gasteiger charge is 2.17. The van der Waals surface area contributed by atoms with E-state index in [9.17, 15) is 18.0 Å². The molecule has 0 aliphatic carbocycles. The van der Waals surface area contributed by atoms with Gasteiger partial charge < -0.3 is 10.4 Å². The van der Waals surface area contributed by atoms with Gasteiger partial charge in [0.1, 0.15) is 17.4 Å². The molecule has 20 heavy (non-hydrogen) atoms. The Kier molecular flexibility index (Phi) is 3.85. The molecule has 0 aliphatic heterocycles.